The first-order valence-electron chi connectivity index (χ1n) is 11.7. The lowest BCUT2D eigenvalue weighted by Gasteiger charge is -2.42. The average Bonchev–Trinajstić information content (AvgIpc) is 3.05. The lowest BCUT2D eigenvalue weighted by atomic mass is 9.69. The summed E-state index contributed by atoms with van der Waals surface area (Å²) in [7, 11) is -2.75. The lowest BCUT2D eigenvalue weighted by molar-refractivity contribution is -0.148. The molecule has 2 aromatic carbocycles. The van der Waals surface area contributed by atoms with Crippen molar-refractivity contribution < 1.29 is 27.9 Å². The van der Waals surface area contributed by atoms with E-state index in [-0.39, 0.29) is 36.9 Å². The Labute approximate surface area is 207 Å². The number of carbonyl (C=O) groups excluding carboxylic acids is 1. The molecule has 0 bridgehead atoms. The molecule has 1 aliphatic rings. The molecule has 3 rings (SSSR count). The Morgan fingerprint density at radius 2 is 1.77 bits per heavy atom. The number of ether oxygens (including phenoxy) is 1. The zero-order valence-electron chi connectivity index (χ0n) is 20.4. The molecule has 0 radical (unpaired) electrons. The van der Waals surface area contributed by atoms with Crippen molar-refractivity contribution in [3.63, 3.8) is 0 Å². The second-order valence-corrected chi connectivity index (χ2v) is 11.9. The summed E-state index contributed by atoms with van der Waals surface area (Å²) in [6, 6.07) is 15.5. The maximum atomic E-state index is 14.2. The molecule has 2 unspecified atom stereocenters. The SMILES string of the molecule is COc1ccc(S(=O)(=O)C2(CN)CN(CCc3ccccc3)C(=O)C2(CC(=O)O)CC(C)C)cc1. The van der Waals surface area contributed by atoms with Crippen molar-refractivity contribution in [2.75, 3.05) is 26.7 Å². The zero-order chi connectivity index (χ0) is 25.9. The van der Waals surface area contributed by atoms with Gasteiger partial charge in [-0.15, -0.1) is 0 Å². The number of carbonyl (C=O) groups is 2. The van der Waals surface area contributed by atoms with Crippen molar-refractivity contribution in [2.24, 2.45) is 17.1 Å². The smallest absolute Gasteiger partial charge is 0.304 e. The Hall–Kier alpha value is -2.91. The van der Waals surface area contributed by atoms with Gasteiger partial charge in [-0.05, 0) is 48.6 Å². The minimum Gasteiger partial charge on any atom is -0.497 e. The van der Waals surface area contributed by atoms with Gasteiger partial charge in [0.2, 0.25) is 5.91 Å². The van der Waals surface area contributed by atoms with E-state index >= 15 is 0 Å². The Morgan fingerprint density at radius 1 is 1.14 bits per heavy atom. The molecule has 2 aromatic rings. The molecule has 1 aliphatic heterocycles. The first kappa shape index (κ1) is 26.7. The number of amides is 1. The number of likely N-dealkylation sites (tertiary alicyclic amines) is 1. The summed E-state index contributed by atoms with van der Waals surface area (Å²) in [5.74, 6) is -1.35. The van der Waals surface area contributed by atoms with Crippen LogP contribution in [-0.4, -0.2) is 61.8 Å². The van der Waals surface area contributed by atoms with Gasteiger partial charge in [0, 0.05) is 19.6 Å². The van der Waals surface area contributed by atoms with Crippen molar-refractivity contribution >= 4 is 21.7 Å². The highest BCUT2D eigenvalue weighted by molar-refractivity contribution is 7.93. The maximum Gasteiger partial charge on any atom is 0.304 e. The predicted octanol–water partition coefficient (Wildman–Crippen LogP) is 2.76. The molecule has 2 atom stereocenters. The summed E-state index contributed by atoms with van der Waals surface area (Å²) in [5.41, 5.74) is 5.53. The van der Waals surface area contributed by atoms with Crippen molar-refractivity contribution in [2.45, 2.75) is 42.8 Å². The van der Waals surface area contributed by atoms with Gasteiger partial charge in [-0.3, -0.25) is 9.59 Å². The fourth-order valence-corrected chi connectivity index (χ4v) is 7.60. The average molecular weight is 503 g/mol. The van der Waals surface area contributed by atoms with E-state index in [4.69, 9.17) is 10.5 Å². The maximum absolute atomic E-state index is 14.2. The summed E-state index contributed by atoms with van der Waals surface area (Å²) < 4.78 is 31.8. The van der Waals surface area contributed by atoms with E-state index in [2.05, 4.69) is 0 Å². The number of rotatable bonds is 11. The fraction of sp³-hybridized carbons (Fsp3) is 0.462. The standard InChI is InChI=1S/C26H34N2O6S/c1-19(2)15-25(16-23(29)30)24(31)28(14-13-20-7-5-4-6-8-20)18-26(25,17-27)35(32,33)22-11-9-21(34-3)10-12-22/h4-12,19H,13-18,27H2,1-3H3,(H,29,30). The Kier molecular flexibility index (Phi) is 7.91. The number of benzene rings is 2. The summed E-state index contributed by atoms with van der Waals surface area (Å²) in [4.78, 5) is 27.6. The summed E-state index contributed by atoms with van der Waals surface area (Å²) >= 11 is 0. The van der Waals surface area contributed by atoms with E-state index in [9.17, 15) is 23.1 Å². The third-order valence-electron chi connectivity index (χ3n) is 6.95. The van der Waals surface area contributed by atoms with Gasteiger partial charge in [-0.1, -0.05) is 44.2 Å². The van der Waals surface area contributed by atoms with Crippen LogP contribution in [-0.2, 0) is 25.8 Å². The van der Waals surface area contributed by atoms with Gasteiger partial charge in [-0.25, -0.2) is 8.42 Å². The molecule has 0 spiro atoms. The van der Waals surface area contributed by atoms with Gasteiger partial charge in [0.1, 0.15) is 10.5 Å². The number of hydrogen-bond acceptors (Lipinski definition) is 6. The predicted molar refractivity (Wildman–Crippen MR) is 133 cm³/mol. The number of carboxylic acid groups (broad SMARTS) is 1. The normalized spacial score (nSPS) is 22.5. The molecule has 8 nitrogen and oxygen atoms in total. The molecule has 35 heavy (non-hydrogen) atoms. The van der Waals surface area contributed by atoms with Crippen molar-refractivity contribution in [3.05, 3.63) is 60.2 Å². The van der Waals surface area contributed by atoms with Crippen molar-refractivity contribution in [1.82, 2.24) is 4.90 Å². The van der Waals surface area contributed by atoms with Crippen LogP contribution in [0.3, 0.4) is 0 Å². The second kappa shape index (κ2) is 10.4. The number of nitrogens with two attached hydrogens (primary N) is 1. The third kappa shape index (κ3) is 4.79. The molecule has 1 heterocycles. The van der Waals surface area contributed by atoms with Crippen LogP contribution in [0.25, 0.3) is 0 Å². The van der Waals surface area contributed by atoms with Crippen LogP contribution >= 0.6 is 0 Å². The van der Waals surface area contributed by atoms with Gasteiger partial charge < -0.3 is 20.5 Å². The molecule has 0 aromatic heterocycles. The molecule has 1 fully saturated rings. The lowest BCUT2D eigenvalue weighted by Crippen LogP contribution is -2.60. The molecule has 1 amide bonds. The van der Waals surface area contributed by atoms with Crippen LogP contribution in [0.2, 0.25) is 0 Å². The molecule has 3 N–H and O–H groups in total. The summed E-state index contributed by atoms with van der Waals surface area (Å²) in [6.45, 7) is 3.43. The first-order valence-corrected chi connectivity index (χ1v) is 13.1. The van der Waals surface area contributed by atoms with E-state index in [0.717, 1.165) is 5.56 Å². The summed E-state index contributed by atoms with van der Waals surface area (Å²) in [6.07, 6.45) is -0.00830. The number of hydrogen-bond donors (Lipinski definition) is 2. The van der Waals surface area contributed by atoms with Crippen LogP contribution in [0.4, 0.5) is 0 Å². The van der Waals surface area contributed by atoms with Crippen molar-refractivity contribution in [1.29, 1.82) is 0 Å². The largest absolute Gasteiger partial charge is 0.497 e. The fourth-order valence-electron chi connectivity index (χ4n) is 5.35. The van der Waals surface area contributed by atoms with Gasteiger partial charge in [0.15, 0.2) is 9.84 Å². The van der Waals surface area contributed by atoms with Crippen LogP contribution in [0.15, 0.2) is 59.5 Å². The highest BCUT2D eigenvalue weighted by atomic mass is 32.2. The monoisotopic (exact) mass is 502 g/mol. The van der Waals surface area contributed by atoms with Gasteiger partial charge in [0.05, 0.1) is 23.8 Å². The molecular formula is C26H34N2O6S. The third-order valence-corrected chi connectivity index (χ3v) is 9.56. The number of sulfone groups is 1. The van der Waals surface area contributed by atoms with Crippen LogP contribution in [0.5, 0.6) is 5.75 Å². The van der Waals surface area contributed by atoms with E-state index in [1.165, 1.54) is 36.3 Å². The van der Waals surface area contributed by atoms with Gasteiger partial charge in [0.25, 0.3) is 0 Å². The molecule has 1 saturated heterocycles. The molecule has 0 aliphatic carbocycles. The Balaban J connectivity index is 2.16. The van der Waals surface area contributed by atoms with E-state index < -0.39 is 38.3 Å². The number of aliphatic carboxylic acids is 1. The number of carboxylic acids is 1. The molecular weight excluding hydrogens is 468 g/mol. The van der Waals surface area contributed by atoms with E-state index in [0.29, 0.717) is 12.2 Å². The topological polar surface area (TPSA) is 127 Å². The van der Waals surface area contributed by atoms with Crippen LogP contribution < -0.4 is 10.5 Å². The molecule has 0 saturated carbocycles. The van der Waals surface area contributed by atoms with E-state index in [1.54, 1.807) is 0 Å². The first-order chi connectivity index (χ1) is 16.5. The minimum absolute atomic E-state index is 0.0139. The van der Waals surface area contributed by atoms with Gasteiger partial charge in [-0.2, -0.15) is 0 Å². The minimum atomic E-state index is -4.23. The van der Waals surface area contributed by atoms with Crippen LogP contribution in [0, 0.1) is 11.3 Å². The van der Waals surface area contributed by atoms with Crippen molar-refractivity contribution in [3.8, 4) is 5.75 Å². The Bertz CT molecular complexity index is 1150. The van der Waals surface area contributed by atoms with Gasteiger partial charge >= 0.3 is 5.97 Å². The number of nitrogens with zero attached hydrogens (tertiary/aromatic N) is 1. The van der Waals surface area contributed by atoms with Crippen LogP contribution in [0.1, 0.15) is 32.3 Å². The molecule has 9 heteroatoms. The zero-order valence-corrected chi connectivity index (χ0v) is 21.3. The molecule has 190 valence electrons. The quantitative estimate of drug-likeness (QED) is 0.484. The Morgan fingerprint density at radius 3 is 2.29 bits per heavy atom. The number of methoxy groups -OCH3 is 1. The highest BCUT2D eigenvalue weighted by Gasteiger charge is 2.69. The second-order valence-electron chi connectivity index (χ2n) is 9.59. The highest BCUT2D eigenvalue weighted by Crippen LogP contribution is 2.53. The summed E-state index contributed by atoms with van der Waals surface area (Å²) in [5, 5.41) is 9.87. The van der Waals surface area contributed by atoms with E-state index in [1.807, 2.05) is 44.2 Å².